The lowest BCUT2D eigenvalue weighted by Crippen LogP contribution is -2.18. The molecule has 0 aliphatic carbocycles. The summed E-state index contributed by atoms with van der Waals surface area (Å²) in [6.07, 6.45) is 1.69. The highest BCUT2D eigenvalue weighted by Gasteiger charge is 2.16. The molecule has 1 aromatic heterocycles. The summed E-state index contributed by atoms with van der Waals surface area (Å²) in [6.45, 7) is 2.88. The molecule has 0 atom stereocenters. The highest BCUT2D eigenvalue weighted by Crippen LogP contribution is 2.18. The number of rotatable bonds is 6. The van der Waals surface area contributed by atoms with E-state index in [2.05, 4.69) is 10.4 Å². The average Bonchev–Trinajstić information content (AvgIpc) is 2.90. The number of amides is 1. The number of ether oxygens (including phenoxy) is 2. The van der Waals surface area contributed by atoms with Gasteiger partial charge in [-0.05, 0) is 24.6 Å². The van der Waals surface area contributed by atoms with Crippen molar-refractivity contribution in [2.24, 2.45) is 0 Å². The molecular formula is C15H19N3O3. The third kappa shape index (κ3) is 3.53. The number of benzene rings is 1. The fraction of sp³-hybridized carbons (Fsp3) is 0.333. The summed E-state index contributed by atoms with van der Waals surface area (Å²) >= 11 is 0. The quantitative estimate of drug-likeness (QED) is 0.879. The van der Waals surface area contributed by atoms with E-state index in [4.69, 9.17) is 9.47 Å². The minimum atomic E-state index is -0.209. The molecule has 0 aliphatic heterocycles. The Morgan fingerprint density at radius 3 is 2.62 bits per heavy atom. The Morgan fingerprint density at radius 1 is 1.33 bits per heavy atom. The zero-order chi connectivity index (χ0) is 15.2. The van der Waals surface area contributed by atoms with Crippen molar-refractivity contribution in [2.75, 3.05) is 20.8 Å². The zero-order valence-electron chi connectivity index (χ0n) is 12.4. The summed E-state index contributed by atoms with van der Waals surface area (Å²) in [6, 6.07) is 7.70. The molecule has 2 rings (SSSR count). The predicted molar refractivity (Wildman–Crippen MR) is 78.9 cm³/mol. The molecular weight excluding hydrogens is 270 g/mol. The SMILES string of the molecule is CCOc1nn(Cc2ccc(OC)cc2)cc1C(=O)NC. The first-order valence-electron chi connectivity index (χ1n) is 6.73. The van der Waals surface area contributed by atoms with Gasteiger partial charge in [-0.1, -0.05) is 12.1 Å². The van der Waals surface area contributed by atoms with E-state index in [-0.39, 0.29) is 5.91 Å². The third-order valence-corrected chi connectivity index (χ3v) is 2.98. The van der Waals surface area contributed by atoms with Crippen LogP contribution in [0.15, 0.2) is 30.5 Å². The van der Waals surface area contributed by atoms with Crippen molar-refractivity contribution >= 4 is 5.91 Å². The fourth-order valence-electron chi connectivity index (χ4n) is 1.94. The van der Waals surface area contributed by atoms with Gasteiger partial charge < -0.3 is 14.8 Å². The average molecular weight is 289 g/mol. The molecule has 6 heteroatoms. The minimum Gasteiger partial charge on any atom is -0.497 e. The molecule has 6 nitrogen and oxygen atoms in total. The molecule has 0 bridgehead atoms. The van der Waals surface area contributed by atoms with Crippen molar-refractivity contribution in [1.29, 1.82) is 0 Å². The number of hydrogen-bond donors (Lipinski definition) is 1. The topological polar surface area (TPSA) is 65.4 Å². The molecule has 1 aromatic carbocycles. The van der Waals surface area contributed by atoms with E-state index in [9.17, 15) is 4.79 Å². The van der Waals surface area contributed by atoms with Gasteiger partial charge in [-0.25, -0.2) is 0 Å². The van der Waals surface area contributed by atoms with E-state index in [0.29, 0.717) is 24.6 Å². The number of aromatic nitrogens is 2. The molecule has 0 radical (unpaired) electrons. The smallest absolute Gasteiger partial charge is 0.258 e. The normalized spacial score (nSPS) is 10.2. The number of methoxy groups -OCH3 is 1. The van der Waals surface area contributed by atoms with Crippen molar-refractivity contribution in [3.8, 4) is 11.6 Å². The maximum atomic E-state index is 11.8. The lowest BCUT2D eigenvalue weighted by Gasteiger charge is -2.03. The molecule has 0 saturated heterocycles. The van der Waals surface area contributed by atoms with Crippen LogP contribution in [0.25, 0.3) is 0 Å². The van der Waals surface area contributed by atoms with Crippen LogP contribution in [0.3, 0.4) is 0 Å². The van der Waals surface area contributed by atoms with Crippen molar-refractivity contribution in [3.05, 3.63) is 41.6 Å². The summed E-state index contributed by atoms with van der Waals surface area (Å²) in [5.41, 5.74) is 1.50. The van der Waals surface area contributed by atoms with Crippen LogP contribution in [0.5, 0.6) is 11.6 Å². The van der Waals surface area contributed by atoms with Crippen LogP contribution < -0.4 is 14.8 Å². The fourth-order valence-corrected chi connectivity index (χ4v) is 1.94. The molecule has 2 aromatic rings. The van der Waals surface area contributed by atoms with Crippen LogP contribution in [-0.4, -0.2) is 36.5 Å². The second kappa shape index (κ2) is 6.78. The standard InChI is InChI=1S/C15H19N3O3/c1-4-21-15-13(14(19)16-2)10-18(17-15)9-11-5-7-12(20-3)8-6-11/h5-8,10H,4,9H2,1-3H3,(H,16,19). The minimum absolute atomic E-state index is 0.209. The van der Waals surface area contributed by atoms with Gasteiger partial charge in [0.25, 0.3) is 5.91 Å². The molecule has 1 heterocycles. The first kappa shape index (κ1) is 14.9. The Bertz CT molecular complexity index is 605. The van der Waals surface area contributed by atoms with Gasteiger partial charge in [0.05, 0.1) is 20.3 Å². The van der Waals surface area contributed by atoms with Gasteiger partial charge >= 0.3 is 0 Å². The zero-order valence-corrected chi connectivity index (χ0v) is 12.4. The van der Waals surface area contributed by atoms with E-state index in [1.54, 1.807) is 25.0 Å². The van der Waals surface area contributed by atoms with Gasteiger partial charge in [-0.15, -0.1) is 5.10 Å². The maximum absolute atomic E-state index is 11.8. The summed E-state index contributed by atoms with van der Waals surface area (Å²) in [4.78, 5) is 11.8. The lowest BCUT2D eigenvalue weighted by atomic mass is 10.2. The first-order chi connectivity index (χ1) is 10.2. The monoisotopic (exact) mass is 289 g/mol. The first-order valence-corrected chi connectivity index (χ1v) is 6.73. The molecule has 112 valence electrons. The van der Waals surface area contributed by atoms with Crippen LogP contribution in [0, 0.1) is 0 Å². The van der Waals surface area contributed by atoms with Gasteiger partial charge in [-0.3, -0.25) is 9.48 Å². The Kier molecular flexibility index (Phi) is 4.81. The van der Waals surface area contributed by atoms with Gasteiger partial charge in [0.1, 0.15) is 11.3 Å². The molecule has 1 amide bonds. The van der Waals surface area contributed by atoms with Crippen molar-refractivity contribution in [1.82, 2.24) is 15.1 Å². The van der Waals surface area contributed by atoms with Crippen LogP contribution in [-0.2, 0) is 6.54 Å². The Hall–Kier alpha value is -2.50. The third-order valence-electron chi connectivity index (χ3n) is 2.98. The number of carbonyl (C=O) groups is 1. The summed E-state index contributed by atoms with van der Waals surface area (Å²) in [5, 5.41) is 6.89. The van der Waals surface area contributed by atoms with Crippen LogP contribution in [0.2, 0.25) is 0 Å². The van der Waals surface area contributed by atoms with Crippen LogP contribution >= 0.6 is 0 Å². The Morgan fingerprint density at radius 2 is 2.05 bits per heavy atom. The second-order valence-corrected chi connectivity index (χ2v) is 4.41. The van der Waals surface area contributed by atoms with E-state index in [1.165, 1.54) is 0 Å². The maximum Gasteiger partial charge on any atom is 0.258 e. The molecule has 0 unspecified atom stereocenters. The van der Waals surface area contributed by atoms with Gasteiger partial charge in [0, 0.05) is 13.2 Å². The van der Waals surface area contributed by atoms with E-state index < -0.39 is 0 Å². The second-order valence-electron chi connectivity index (χ2n) is 4.41. The van der Waals surface area contributed by atoms with Gasteiger partial charge in [0.15, 0.2) is 0 Å². The predicted octanol–water partition coefficient (Wildman–Crippen LogP) is 1.70. The highest BCUT2D eigenvalue weighted by molar-refractivity contribution is 5.96. The Balaban J connectivity index is 2.20. The molecule has 0 fully saturated rings. The van der Waals surface area contributed by atoms with E-state index in [0.717, 1.165) is 11.3 Å². The molecule has 21 heavy (non-hydrogen) atoms. The van der Waals surface area contributed by atoms with Crippen molar-refractivity contribution in [2.45, 2.75) is 13.5 Å². The van der Waals surface area contributed by atoms with E-state index >= 15 is 0 Å². The summed E-state index contributed by atoms with van der Waals surface area (Å²) < 4.78 is 12.2. The Labute approximate surface area is 123 Å². The molecule has 1 N–H and O–H groups in total. The highest BCUT2D eigenvalue weighted by atomic mass is 16.5. The number of nitrogens with zero attached hydrogens (tertiary/aromatic N) is 2. The largest absolute Gasteiger partial charge is 0.497 e. The van der Waals surface area contributed by atoms with Crippen molar-refractivity contribution < 1.29 is 14.3 Å². The summed E-state index contributed by atoms with van der Waals surface area (Å²) in [5.74, 6) is 0.949. The van der Waals surface area contributed by atoms with Crippen LogP contribution in [0.4, 0.5) is 0 Å². The number of carbonyl (C=O) groups excluding carboxylic acids is 1. The van der Waals surface area contributed by atoms with Gasteiger partial charge in [0.2, 0.25) is 5.88 Å². The molecule has 0 spiro atoms. The van der Waals surface area contributed by atoms with Crippen LogP contribution in [0.1, 0.15) is 22.8 Å². The van der Waals surface area contributed by atoms with Crippen molar-refractivity contribution in [3.63, 3.8) is 0 Å². The van der Waals surface area contributed by atoms with E-state index in [1.807, 2.05) is 31.2 Å². The van der Waals surface area contributed by atoms with Gasteiger partial charge in [-0.2, -0.15) is 0 Å². The lowest BCUT2D eigenvalue weighted by molar-refractivity contribution is 0.0959. The molecule has 0 aliphatic rings. The summed E-state index contributed by atoms with van der Waals surface area (Å²) in [7, 11) is 3.21. The number of hydrogen-bond acceptors (Lipinski definition) is 4. The number of nitrogens with one attached hydrogen (secondary N) is 1. The molecule has 0 saturated carbocycles.